The highest BCUT2D eigenvalue weighted by Gasteiger charge is 2.29. The molecule has 7 heteroatoms. The number of urea groups is 1. The van der Waals surface area contributed by atoms with Crippen molar-refractivity contribution in [2.24, 2.45) is 11.7 Å². The van der Waals surface area contributed by atoms with E-state index in [4.69, 9.17) is 10.8 Å². The standard InChI is InChI=1S/C12H21N3O4/c1-2-4-9(11(17)18)14-10(16)8-5-3-6-15(7-8)12(13)19/h8-9H,2-7H2,1H3,(H2,13,19)(H,14,16)(H,17,18). The molecule has 1 saturated heterocycles. The van der Waals surface area contributed by atoms with Crippen LogP contribution in [-0.4, -0.2) is 47.0 Å². The number of nitrogens with zero attached hydrogens (tertiary/aromatic N) is 1. The fraction of sp³-hybridized carbons (Fsp3) is 0.750. The van der Waals surface area contributed by atoms with Crippen LogP contribution in [-0.2, 0) is 9.59 Å². The normalized spacial score (nSPS) is 20.7. The van der Waals surface area contributed by atoms with Crippen LogP contribution in [0.25, 0.3) is 0 Å². The molecular formula is C12H21N3O4. The van der Waals surface area contributed by atoms with E-state index in [0.717, 1.165) is 0 Å². The summed E-state index contributed by atoms with van der Waals surface area (Å²) < 4.78 is 0. The summed E-state index contributed by atoms with van der Waals surface area (Å²) >= 11 is 0. The maximum absolute atomic E-state index is 12.0. The molecule has 1 heterocycles. The molecule has 2 unspecified atom stereocenters. The van der Waals surface area contributed by atoms with Crippen LogP contribution in [0.15, 0.2) is 0 Å². The van der Waals surface area contributed by atoms with Crippen molar-refractivity contribution < 1.29 is 19.5 Å². The number of hydrogen-bond donors (Lipinski definition) is 3. The smallest absolute Gasteiger partial charge is 0.326 e. The van der Waals surface area contributed by atoms with Crippen LogP contribution < -0.4 is 11.1 Å². The van der Waals surface area contributed by atoms with Crippen LogP contribution in [0, 0.1) is 5.92 Å². The molecule has 0 saturated carbocycles. The Kier molecular flexibility index (Phi) is 5.59. The van der Waals surface area contributed by atoms with E-state index in [9.17, 15) is 14.4 Å². The van der Waals surface area contributed by atoms with Gasteiger partial charge >= 0.3 is 12.0 Å². The Hall–Kier alpha value is -1.79. The van der Waals surface area contributed by atoms with E-state index in [-0.39, 0.29) is 18.4 Å². The number of amides is 3. The first-order chi connectivity index (χ1) is 8.95. The predicted octanol–water partition coefficient (Wildman–Crippen LogP) is 0.147. The summed E-state index contributed by atoms with van der Waals surface area (Å²) in [6.45, 7) is 2.67. The van der Waals surface area contributed by atoms with Crippen molar-refractivity contribution >= 4 is 17.9 Å². The van der Waals surface area contributed by atoms with Gasteiger partial charge in [-0.2, -0.15) is 0 Å². The number of likely N-dealkylation sites (tertiary alicyclic amines) is 1. The van der Waals surface area contributed by atoms with Crippen LogP contribution >= 0.6 is 0 Å². The maximum Gasteiger partial charge on any atom is 0.326 e. The Bertz CT molecular complexity index is 359. The minimum atomic E-state index is -1.03. The minimum Gasteiger partial charge on any atom is -0.480 e. The molecule has 2 atom stereocenters. The fourth-order valence-electron chi connectivity index (χ4n) is 2.23. The van der Waals surface area contributed by atoms with E-state index in [0.29, 0.717) is 32.2 Å². The molecule has 3 amide bonds. The predicted molar refractivity (Wildman–Crippen MR) is 68.4 cm³/mol. The highest BCUT2D eigenvalue weighted by Crippen LogP contribution is 2.16. The summed E-state index contributed by atoms with van der Waals surface area (Å²) in [6.07, 6.45) is 2.42. The molecule has 0 aromatic carbocycles. The number of rotatable bonds is 5. The molecule has 1 rings (SSSR count). The van der Waals surface area contributed by atoms with Crippen LogP contribution in [0.2, 0.25) is 0 Å². The van der Waals surface area contributed by atoms with Crippen molar-refractivity contribution in [2.75, 3.05) is 13.1 Å². The second-order valence-corrected chi connectivity index (χ2v) is 4.81. The monoisotopic (exact) mass is 271 g/mol. The third kappa shape index (κ3) is 4.42. The number of primary amides is 1. The van der Waals surface area contributed by atoms with Gasteiger partial charge in [0.05, 0.1) is 5.92 Å². The molecular weight excluding hydrogens is 250 g/mol. The van der Waals surface area contributed by atoms with E-state index >= 15 is 0 Å². The fourth-order valence-corrected chi connectivity index (χ4v) is 2.23. The van der Waals surface area contributed by atoms with Gasteiger partial charge in [-0.25, -0.2) is 9.59 Å². The largest absolute Gasteiger partial charge is 0.480 e. The van der Waals surface area contributed by atoms with Gasteiger partial charge in [-0.3, -0.25) is 4.79 Å². The van der Waals surface area contributed by atoms with Crippen LogP contribution in [0.4, 0.5) is 4.79 Å². The zero-order chi connectivity index (χ0) is 14.4. The number of carbonyl (C=O) groups excluding carboxylic acids is 2. The molecule has 0 spiro atoms. The number of carboxylic acid groups (broad SMARTS) is 1. The maximum atomic E-state index is 12.0. The SMILES string of the molecule is CCCC(NC(=O)C1CCCN(C(N)=O)C1)C(=O)O. The Morgan fingerprint density at radius 3 is 2.68 bits per heavy atom. The molecule has 0 radical (unpaired) electrons. The summed E-state index contributed by atoms with van der Waals surface area (Å²) in [5.74, 6) is -1.72. The van der Waals surface area contributed by atoms with Crippen molar-refractivity contribution in [3.63, 3.8) is 0 Å². The van der Waals surface area contributed by atoms with E-state index < -0.39 is 18.0 Å². The Labute approximate surface area is 112 Å². The van der Waals surface area contributed by atoms with Gasteiger partial charge in [0, 0.05) is 13.1 Å². The van der Waals surface area contributed by atoms with Gasteiger partial charge in [-0.05, 0) is 19.3 Å². The highest BCUT2D eigenvalue weighted by molar-refractivity contribution is 5.85. The number of nitrogens with one attached hydrogen (secondary N) is 1. The first kappa shape index (κ1) is 15.3. The minimum absolute atomic E-state index is 0.264. The topological polar surface area (TPSA) is 113 Å². The molecule has 0 aromatic heterocycles. The number of carboxylic acids is 1. The molecule has 0 aromatic rings. The van der Waals surface area contributed by atoms with Gasteiger partial charge in [0.2, 0.25) is 5.91 Å². The lowest BCUT2D eigenvalue weighted by Crippen LogP contribution is -2.50. The Morgan fingerprint density at radius 2 is 2.16 bits per heavy atom. The van der Waals surface area contributed by atoms with E-state index in [1.54, 1.807) is 0 Å². The lowest BCUT2D eigenvalue weighted by Gasteiger charge is -2.31. The molecule has 1 aliphatic rings. The summed E-state index contributed by atoms with van der Waals surface area (Å²) in [5.41, 5.74) is 5.19. The van der Waals surface area contributed by atoms with Crippen molar-refractivity contribution in [1.82, 2.24) is 10.2 Å². The van der Waals surface area contributed by atoms with Crippen LogP contribution in [0.5, 0.6) is 0 Å². The summed E-state index contributed by atoms with van der Waals surface area (Å²) in [7, 11) is 0. The number of nitrogens with two attached hydrogens (primary N) is 1. The van der Waals surface area contributed by atoms with Crippen LogP contribution in [0.1, 0.15) is 32.6 Å². The van der Waals surface area contributed by atoms with Gasteiger partial charge in [-0.1, -0.05) is 13.3 Å². The quantitative estimate of drug-likeness (QED) is 0.660. The van der Waals surface area contributed by atoms with Crippen LogP contribution in [0.3, 0.4) is 0 Å². The summed E-state index contributed by atoms with van der Waals surface area (Å²) in [6, 6.07) is -1.40. The van der Waals surface area contributed by atoms with Gasteiger partial charge in [0.1, 0.15) is 6.04 Å². The molecule has 108 valence electrons. The molecule has 1 fully saturated rings. The molecule has 19 heavy (non-hydrogen) atoms. The summed E-state index contributed by atoms with van der Waals surface area (Å²) in [5, 5.41) is 11.5. The first-order valence-corrected chi connectivity index (χ1v) is 6.53. The molecule has 1 aliphatic heterocycles. The third-order valence-corrected chi connectivity index (χ3v) is 3.30. The zero-order valence-corrected chi connectivity index (χ0v) is 11.1. The number of carbonyl (C=O) groups is 3. The molecule has 0 bridgehead atoms. The van der Waals surface area contributed by atoms with Gasteiger partial charge in [0.25, 0.3) is 0 Å². The van der Waals surface area contributed by atoms with Crippen molar-refractivity contribution in [2.45, 2.75) is 38.6 Å². The molecule has 0 aliphatic carbocycles. The van der Waals surface area contributed by atoms with Crippen molar-refractivity contribution in [1.29, 1.82) is 0 Å². The second kappa shape index (κ2) is 6.96. The average molecular weight is 271 g/mol. The molecule has 4 N–H and O–H groups in total. The number of aliphatic carboxylic acids is 1. The second-order valence-electron chi connectivity index (χ2n) is 4.81. The number of hydrogen-bond acceptors (Lipinski definition) is 3. The van der Waals surface area contributed by atoms with Gasteiger partial charge in [0.15, 0.2) is 0 Å². The highest BCUT2D eigenvalue weighted by atomic mass is 16.4. The zero-order valence-electron chi connectivity index (χ0n) is 11.1. The van der Waals surface area contributed by atoms with Gasteiger partial charge < -0.3 is 21.1 Å². The lowest BCUT2D eigenvalue weighted by atomic mass is 9.96. The first-order valence-electron chi connectivity index (χ1n) is 6.53. The van der Waals surface area contributed by atoms with Crippen molar-refractivity contribution in [3.8, 4) is 0 Å². The Morgan fingerprint density at radius 1 is 1.47 bits per heavy atom. The van der Waals surface area contributed by atoms with E-state index in [1.165, 1.54) is 4.90 Å². The van der Waals surface area contributed by atoms with Crippen molar-refractivity contribution in [3.05, 3.63) is 0 Å². The lowest BCUT2D eigenvalue weighted by molar-refractivity contribution is -0.143. The summed E-state index contributed by atoms with van der Waals surface area (Å²) in [4.78, 5) is 35.5. The molecule has 7 nitrogen and oxygen atoms in total. The third-order valence-electron chi connectivity index (χ3n) is 3.30. The number of piperidine rings is 1. The Balaban J connectivity index is 2.56. The average Bonchev–Trinajstić information content (AvgIpc) is 2.38. The van der Waals surface area contributed by atoms with E-state index in [2.05, 4.69) is 5.32 Å². The van der Waals surface area contributed by atoms with E-state index in [1.807, 2.05) is 6.92 Å². The van der Waals surface area contributed by atoms with Gasteiger partial charge in [-0.15, -0.1) is 0 Å².